The van der Waals surface area contributed by atoms with Crippen molar-refractivity contribution < 1.29 is 9.59 Å². The molecule has 0 radical (unpaired) electrons. The van der Waals surface area contributed by atoms with Gasteiger partial charge in [-0.2, -0.15) is 0 Å². The number of anilines is 1. The van der Waals surface area contributed by atoms with E-state index in [1.807, 2.05) is 0 Å². The summed E-state index contributed by atoms with van der Waals surface area (Å²) in [6, 6.07) is 3.01. The van der Waals surface area contributed by atoms with Gasteiger partial charge in [-0.3, -0.25) is 9.59 Å². The molecule has 0 spiro atoms. The van der Waals surface area contributed by atoms with Crippen molar-refractivity contribution in [3.8, 4) is 0 Å². The smallest absolute Gasteiger partial charge is 0.254 e. The zero-order valence-electron chi connectivity index (χ0n) is 12.0. The summed E-state index contributed by atoms with van der Waals surface area (Å²) in [5.41, 5.74) is 0.516. The molecule has 1 atom stereocenters. The number of carbonyl (C=O) groups is 2. The lowest BCUT2D eigenvalue weighted by Crippen LogP contribution is -2.36. The minimum atomic E-state index is -0.363. The van der Waals surface area contributed by atoms with Gasteiger partial charge in [0.1, 0.15) is 11.9 Å². The Kier molecular flexibility index (Phi) is 4.86. The molecule has 0 aliphatic rings. The lowest BCUT2D eigenvalue weighted by Gasteiger charge is -2.18. The number of pyridine rings is 1. The molecule has 0 bridgehead atoms. The van der Waals surface area contributed by atoms with Crippen LogP contribution in [-0.4, -0.2) is 60.8 Å². The minimum Gasteiger partial charge on any atom is -0.359 e. The van der Waals surface area contributed by atoms with Crippen molar-refractivity contribution in [2.24, 2.45) is 0 Å². The number of hydrogen-bond acceptors (Lipinski definition) is 4. The van der Waals surface area contributed by atoms with Gasteiger partial charge in [-0.1, -0.05) is 0 Å². The number of aromatic nitrogens is 1. The zero-order chi connectivity index (χ0) is 14.6. The molecule has 0 saturated heterocycles. The standard InChI is InChI=1S/C13H20N4O2/c1-9(12(18)16(2)3)15-11-7-6-10(8-14-11)13(19)17(4)5/h6-9H,1-5H3,(H,14,15). The van der Waals surface area contributed by atoms with Crippen LogP contribution in [0.2, 0.25) is 0 Å². The first-order valence-electron chi connectivity index (χ1n) is 5.98. The molecule has 0 saturated carbocycles. The van der Waals surface area contributed by atoms with Gasteiger partial charge in [-0.05, 0) is 19.1 Å². The summed E-state index contributed by atoms with van der Waals surface area (Å²) in [5.74, 6) is 0.435. The fourth-order valence-electron chi connectivity index (χ4n) is 1.53. The van der Waals surface area contributed by atoms with Gasteiger partial charge in [-0.15, -0.1) is 0 Å². The highest BCUT2D eigenvalue weighted by atomic mass is 16.2. The van der Waals surface area contributed by atoms with E-state index in [0.29, 0.717) is 11.4 Å². The first-order chi connectivity index (χ1) is 8.82. The maximum atomic E-state index is 11.7. The molecule has 1 rings (SSSR count). The van der Waals surface area contributed by atoms with Crippen molar-refractivity contribution in [1.82, 2.24) is 14.8 Å². The summed E-state index contributed by atoms with van der Waals surface area (Å²) in [5, 5.41) is 2.99. The predicted molar refractivity (Wildman–Crippen MR) is 74.0 cm³/mol. The lowest BCUT2D eigenvalue weighted by molar-refractivity contribution is -0.129. The Morgan fingerprint density at radius 2 is 1.79 bits per heavy atom. The van der Waals surface area contributed by atoms with E-state index in [-0.39, 0.29) is 17.9 Å². The van der Waals surface area contributed by atoms with Crippen LogP contribution in [0, 0.1) is 0 Å². The van der Waals surface area contributed by atoms with Gasteiger partial charge in [-0.25, -0.2) is 4.98 Å². The second-order valence-corrected chi connectivity index (χ2v) is 4.73. The Labute approximate surface area is 113 Å². The highest BCUT2D eigenvalue weighted by Gasteiger charge is 2.15. The summed E-state index contributed by atoms with van der Waals surface area (Å²) in [6.07, 6.45) is 1.50. The average Bonchev–Trinajstić information content (AvgIpc) is 2.37. The fraction of sp³-hybridized carbons (Fsp3) is 0.462. The van der Waals surface area contributed by atoms with Gasteiger partial charge in [0.15, 0.2) is 0 Å². The van der Waals surface area contributed by atoms with Crippen molar-refractivity contribution in [3.63, 3.8) is 0 Å². The third-order valence-corrected chi connectivity index (χ3v) is 2.59. The minimum absolute atomic E-state index is 0.0322. The molecule has 0 aromatic carbocycles. The van der Waals surface area contributed by atoms with E-state index in [0.717, 1.165) is 0 Å². The van der Waals surface area contributed by atoms with Crippen molar-refractivity contribution >= 4 is 17.6 Å². The summed E-state index contributed by atoms with van der Waals surface area (Å²) in [4.78, 5) is 30.5. The van der Waals surface area contributed by atoms with Crippen LogP contribution in [-0.2, 0) is 4.79 Å². The van der Waals surface area contributed by atoms with E-state index in [1.54, 1.807) is 47.2 Å². The summed E-state index contributed by atoms with van der Waals surface area (Å²) in [7, 11) is 6.78. The lowest BCUT2D eigenvalue weighted by atomic mass is 10.2. The van der Waals surface area contributed by atoms with Crippen LogP contribution in [0.1, 0.15) is 17.3 Å². The van der Waals surface area contributed by atoms with Crippen LogP contribution in [0.4, 0.5) is 5.82 Å². The van der Waals surface area contributed by atoms with Crippen molar-refractivity contribution in [2.45, 2.75) is 13.0 Å². The molecule has 6 heteroatoms. The number of amides is 2. The normalized spacial score (nSPS) is 11.6. The largest absolute Gasteiger partial charge is 0.359 e. The maximum absolute atomic E-state index is 11.7. The van der Waals surface area contributed by atoms with Crippen molar-refractivity contribution in [2.75, 3.05) is 33.5 Å². The van der Waals surface area contributed by atoms with E-state index in [4.69, 9.17) is 0 Å². The molecule has 1 aromatic heterocycles. The fourth-order valence-corrected chi connectivity index (χ4v) is 1.53. The Morgan fingerprint density at radius 1 is 1.16 bits per heavy atom. The SMILES string of the molecule is CC(Nc1ccc(C(=O)N(C)C)cn1)C(=O)N(C)C. The topological polar surface area (TPSA) is 65.5 Å². The van der Waals surface area contributed by atoms with E-state index in [9.17, 15) is 9.59 Å². The molecule has 0 aliphatic carbocycles. The molecule has 1 aromatic rings. The highest BCUT2D eigenvalue weighted by molar-refractivity contribution is 5.93. The number of nitrogens with zero attached hydrogens (tertiary/aromatic N) is 3. The third-order valence-electron chi connectivity index (χ3n) is 2.59. The molecule has 1 heterocycles. The number of hydrogen-bond donors (Lipinski definition) is 1. The number of nitrogens with one attached hydrogen (secondary N) is 1. The van der Waals surface area contributed by atoms with E-state index >= 15 is 0 Å². The van der Waals surface area contributed by atoms with Crippen molar-refractivity contribution in [1.29, 1.82) is 0 Å². The van der Waals surface area contributed by atoms with Crippen LogP contribution in [0.15, 0.2) is 18.3 Å². The molecule has 1 unspecified atom stereocenters. The van der Waals surface area contributed by atoms with Crippen LogP contribution >= 0.6 is 0 Å². The molecule has 0 aliphatic heterocycles. The second kappa shape index (κ2) is 6.17. The Bertz CT molecular complexity index is 454. The van der Waals surface area contributed by atoms with Gasteiger partial charge >= 0.3 is 0 Å². The van der Waals surface area contributed by atoms with Gasteiger partial charge in [0, 0.05) is 34.4 Å². The molecule has 19 heavy (non-hydrogen) atoms. The van der Waals surface area contributed by atoms with Crippen LogP contribution in [0.25, 0.3) is 0 Å². The molecule has 1 N–H and O–H groups in total. The molecular weight excluding hydrogens is 244 g/mol. The van der Waals surface area contributed by atoms with Crippen molar-refractivity contribution in [3.05, 3.63) is 23.9 Å². The maximum Gasteiger partial charge on any atom is 0.254 e. The molecule has 6 nitrogen and oxygen atoms in total. The second-order valence-electron chi connectivity index (χ2n) is 4.73. The van der Waals surface area contributed by atoms with E-state index in [1.165, 1.54) is 16.0 Å². The Morgan fingerprint density at radius 3 is 2.21 bits per heavy atom. The van der Waals surface area contributed by atoms with Crippen LogP contribution in [0.5, 0.6) is 0 Å². The first-order valence-corrected chi connectivity index (χ1v) is 5.98. The Hall–Kier alpha value is -2.11. The highest BCUT2D eigenvalue weighted by Crippen LogP contribution is 2.08. The molecular formula is C13H20N4O2. The number of rotatable bonds is 4. The van der Waals surface area contributed by atoms with Crippen LogP contribution in [0.3, 0.4) is 0 Å². The monoisotopic (exact) mass is 264 g/mol. The molecule has 104 valence electrons. The number of likely N-dealkylation sites (N-methyl/N-ethyl adjacent to an activating group) is 1. The summed E-state index contributed by atoms with van der Waals surface area (Å²) >= 11 is 0. The van der Waals surface area contributed by atoms with Gasteiger partial charge in [0.25, 0.3) is 5.91 Å². The average molecular weight is 264 g/mol. The van der Waals surface area contributed by atoms with Crippen LogP contribution < -0.4 is 5.32 Å². The third kappa shape index (κ3) is 3.94. The van der Waals surface area contributed by atoms with E-state index in [2.05, 4.69) is 10.3 Å². The van der Waals surface area contributed by atoms with Gasteiger partial charge in [0.05, 0.1) is 5.56 Å². The van der Waals surface area contributed by atoms with Gasteiger partial charge in [0.2, 0.25) is 5.91 Å². The summed E-state index contributed by atoms with van der Waals surface area (Å²) in [6.45, 7) is 1.77. The van der Waals surface area contributed by atoms with E-state index < -0.39 is 0 Å². The predicted octanol–water partition coefficient (Wildman–Crippen LogP) is 0.672. The molecule has 0 fully saturated rings. The quantitative estimate of drug-likeness (QED) is 0.868. The Balaban J connectivity index is 2.72. The van der Waals surface area contributed by atoms with Gasteiger partial charge < -0.3 is 15.1 Å². The summed E-state index contributed by atoms with van der Waals surface area (Å²) < 4.78 is 0. The number of carbonyl (C=O) groups excluding carboxylic acids is 2. The first kappa shape index (κ1) is 14.9. The zero-order valence-corrected chi connectivity index (χ0v) is 12.0. The molecule has 2 amide bonds.